The second kappa shape index (κ2) is 5.87. The molecule has 3 rings (SSSR count). The predicted molar refractivity (Wildman–Crippen MR) is 84.8 cm³/mol. The van der Waals surface area contributed by atoms with Gasteiger partial charge < -0.3 is 5.73 Å². The van der Waals surface area contributed by atoms with Crippen molar-refractivity contribution in [2.45, 2.75) is 57.5 Å². The lowest BCUT2D eigenvalue weighted by molar-refractivity contribution is 0.151. The second-order valence-corrected chi connectivity index (χ2v) is 6.93. The lowest BCUT2D eigenvalue weighted by atomic mass is 9.77. The highest BCUT2D eigenvalue weighted by molar-refractivity contribution is 5.36. The molecule has 2 aliphatic rings. The number of nitrogens with zero attached hydrogens (tertiary/aromatic N) is 1. The van der Waals surface area contributed by atoms with Crippen LogP contribution in [0.4, 0.5) is 0 Å². The first-order valence-electron chi connectivity index (χ1n) is 8.25. The summed E-state index contributed by atoms with van der Waals surface area (Å²) in [5.74, 6) is 1.52. The molecule has 1 aromatic rings. The van der Waals surface area contributed by atoms with Gasteiger partial charge in [-0.1, -0.05) is 38.1 Å². The van der Waals surface area contributed by atoms with Crippen LogP contribution < -0.4 is 5.73 Å². The highest BCUT2D eigenvalue weighted by Gasteiger charge is 2.34. The molecular weight excluding hydrogens is 244 g/mol. The molecule has 0 spiro atoms. The van der Waals surface area contributed by atoms with Crippen LogP contribution >= 0.6 is 0 Å². The maximum absolute atomic E-state index is 6.63. The summed E-state index contributed by atoms with van der Waals surface area (Å²) in [6, 6.07) is 9.51. The molecular formula is C18H28N2. The monoisotopic (exact) mass is 272 g/mol. The van der Waals surface area contributed by atoms with E-state index < -0.39 is 0 Å². The maximum atomic E-state index is 6.63. The summed E-state index contributed by atoms with van der Waals surface area (Å²) < 4.78 is 0. The van der Waals surface area contributed by atoms with E-state index in [9.17, 15) is 0 Å². The van der Waals surface area contributed by atoms with E-state index in [2.05, 4.69) is 43.0 Å². The van der Waals surface area contributed by atoms with E-state index in [0.29, 0.717) is 12.0 Å². The molecule has 1 heterocycles. The zero-order valence-electron chi connectivity index (χ0n) is 12.9. The minimum Gasteiger partial charge on any atom is -0.323 e. The smallest absolute Gasteiger partial charge is 0.0456 e. The third-order valence-corrected chi connectivity index (χ3v) is 5.42. The minimum atomic E-state index is 0.191. The van der Waals surface area contributed by atoms with E-state index in [-0.39, 0.29) is 6.04 Å². The fraction of sp³-hybridized carbons (Fsp3) is 0.667. The fourth-order valence-corrected chi connectivity index (χ4v) is 4.10. The number of fused-ring (bicyclic) bond motifs is 1. The molecule has 1 saturated heterocycles. The van der Waals surface area contributed by atoms with Crippen molar-refractivity contribution in [3.8, 4) is 0 Å². The Hall–Kier alpha value is -0.860. The summed E-state index contributed by atoms with van der Waals surface area (Å²) in [6.07, 6.45) is 5.26. The molecule has 0 aromatic heterocycles. The molecule has 4 unspecified atom stereocenters. The maximum Gasteiger partial charge on any atom is 0.0456 e. The van der Waals surface area contributed by atoms with Gasteiger partial charge in [0.25, 0.3) is 0 Å². The Balaban J connectivity index is 1.81. The Labute approximate surface area is 123 Å². The number of likely N-dealkylation sites (tertiary alicyclic amines) is 1. The number of benzene rings is 1. The van der Waals surface area contributed by atoms with E-state index >= 15 is 0 Å². The topological polar surface area (TPSA) is 29.3 Å². The van der Waals surface area contributed by atoms with E-state index in [1.807, 2.05) is 0 Å². The Kier molecular flexibility index (Phi) is 4.13. The van der Waals surface area contributed by atoms with Crippen molar-refractivity contribution in [1.29, 1.82) is 0 Å². The van der Waals surface area contributed by atoms with Gasteiger partial charge in [-0.3, -0.25) is 4.90 Å². The van der Waals surface area contributed by atoms with Gasteiger partial charge in [0.2, 0.25) is 0 Å². The van der Waals surface area contributed by atoms with Crippen molar-refractivity contribution in [1.82, 2.24) is 4.90 Å². The summed E-state index contributed by atoms with van der Waals surface area (Å²) >= 11 is 0. The average Bonchev–Trinajstić information content (AvgIpc) is 2.68. The third-order valence-electron chi connectivity index (χ3n) is 5.42. The molecule has 0 bridgehead atoms. The van der Waals surface area contributed by atoms with Crippen LogP contribution in [0.1, 0.15) is 62.6 Å². The van der Waals surface area contributed by atoms with E-state index in [0.717, 1.165) is 5.92 Å². The van der Waals surface area contributed by atoms with Crippen LogP contribution in [0.2, 0.25) is 0 Å². The molecule has 2 heteroatoms. The van der Waals surface area contributed by atoms with E-state index in [1.165, 1.54) is 49.9 Å². The van der Waals surface area contributed by atoms with Gasteiger partial charge in [0.05, 0.1) is 0 Å². The second-order valence-electron chi connectivity index (χ2n) is 6.93. The first-order chi connectivity index (χ1) is 9.66. The number of hydrogen-bond donors (Lipinski definition) is 1. The molecule has 0 radical (unpaired) electrons. The van der Waals surface area contributed by atoms with E-state index in [4.69, 9.17) is 5.73 Å². The zero-order valence-corrected chi connectivity index (χ0v) is 12.9. The molecule has 2 N–H and O–H groups in total. The summed E-state index contributed by atoms with van der Waals surface area (Å²) in [4.78, 5) is 2.68. The lowest BCUT2D eigenvalue weighted by Crippen LogP contribution is -2.46. The average molecular weight is 272 g/mol. The molecule has 4 atom stereocenters. The number of nitrogens with two attached hydrogens (primary N) is 1. The van der Waals surface area contributed by atoms with Crippen LogP contribution in [0.25, 0.3) is 0 Å². The van der Waals surface area contributed by atoms with Crippen LogP contribution in [0, 0.1) is 5.92 Å². The SMILES string of the molecule is CC1CCCN(C2CC(C)c3ccccc3C2N)CC1. The fourth-order valence-electron chi connectivity index (χ4n) is 4.10. The molecule has 1 aromatic carbocycles. The summed E-state index contributed by atoms with van der Waals surface area (Å²) in [7, 11) is 0. The molecule has 2 nitrogen and oxygen atoms in total. The van der Waals surface area contributed by atoms with Gasteiger partial charge in [0, 0.05) is 12.1 Å². The largest absolute Gasteiger partial charge is 0.323 e. The normalized spacial score (nSPS) is 35.4. The Bertz CT molecular complexity index is 456. The van der Waals surface area contributed by atoms with Crippen molar-refractivity contribution < 1.29 is 0 Å². The first-order valence-corrected chi connectivity index (χ1v) is 8.25. The standard InChI is InChI=1S/C18H28N2/c1-13-6-5-10-20(11-9-13)17-12-14(2)15-7-3-4-8-16(15)18(17)19/h3-4,7-8,13-14,17-18H,5-6,9-12,19H2,1-2H3. The highest BCUT2D eigenvalue weighted by Crippen LogP contribution is 2.39. The van der Waals surface area contributed by atoms with Gasteiger partial charge in [0.1, 0.15) is 0 Å². The van der Waals surface area contributed by atoms with Gasteiger partial charge in [0.15, 0.2) is 0 Å². The molecule has 1 aliphatic carbocycles. The van der Waals surface area contributed by atoms with Crippen molar-refractivity contribution >= 4 is 0 Å². The number of rotatable bonds is 1. The molecule has 1 fully saturated rings. The summed E-state index contributed by atoms with van der Waals surface area (Å²) in [5.41, 5.74) is 9.48. The molecule has 0 amide bonds. The molecule has 110 valence electrons. The van der Waals surface area contributed by atoms with Crippen LogP contribution in [0.5, 0.6) is 0 Å². The third kappa shape index (κ3) is 2.64. The van der Waals surface area contributed by atoms with Crippen LogP contribution in [-0.2, 0) is 0 Å². The lowest BCUT2D eigenvalue weighted by Gasteiger charge is -2.41. The van der Waals surface area contributed by atoms with Crippen LogP contribution in [-0.4, -0.2) is 24.0 Å². The van der Waals surface area contributed by atoms with Crippen molar-refractivity contribution in [2.24, 2.45) is 11.7 Å². The number of hydrogen-bond acceptors (Lipinski definition) is 2. The van der Waals surface area contributed by atoms with Crippen molar-refractivity contribution in [2.75, 3.05) is 13.1 Å². The Morgan fingerprint density at radius 2 is 1.80 bits per heavy atom. The van der Waals surface area contributed by atoms with Crippen LogP contribution in [0.15, 0.2) is 24.3 Å². The molecule has 0 saturated carbocycles. The molecule has 20 heavy (non-hydrogen) atoms. The Morgan fingerprint density at radius 1 is 1.05 bits per heavy atom. The quantitative estimate of drug-likeness (QED) is 0.845. The Morgan fingerprint density at radius 3 is 2.60 bits per heavy atom. The predicted octanol–water partition coefficient (Wildman–Crippen LogP) is 3.68. The van der Waals surface area contributed by atoms with Gasteiger partial charge in [-0.05, 0) is 61.7 Å². The van der Waals surface area contributed by atoms with Gasteiger partial charge in [-0.15, -0.1) is 0 Å². The van der Waals surface area contributed by atoms with Crippen molar-refractivity contribution in [3.63, 3.8) is 0 Å². The minimum absolute atomic E-state index is 0.191. The van der Waals surface area contributed by atoms with Crippen LogP contribution in [0.3, 0.4) is 0 Å². The van der Waals surface area contributed by atoms with Gasteiger partial charge in [-0.25, -0.2) is 0 Å². The van der Waals surface area contributed by atoms with E-state index in [1.54, 1.807) is 0 Å². The highest BCUT2D eigenvalue weighted by atomic mass is 15.2. The van der Waals surface area contributed by atoms with Gasteiger partial charge in [-0.2, -0.15) is 0 Å². The summed E-state index contributed by atoms with van der Waals surface area (Å²) in [5, 5.41) is 0. The molecule has 1 aliphatic heterocycles. The van der Waals surface area contributed by atoms with Crippen molar-refractivity contribution in [3.05, 3.63) is 35.4 Å². The summed E-state index contributed by atoms with van der Waals surface area (Å²) in [6.45, 7) is 7.21. The zero-order chi connectivity index (χ0) is 14.1. The van der Waals surface area contributed by atoms with Gasteiger partial charge >= 0.3 is 0 Å². The first kappa shape index (κ1) is 14.1.